The molecule has 1 N–H and O–H groups in total. The Balaban J connectivity index is 1.91. The summed E-state index contributed by atoms with van der Waals surface area (Å²) in [4.78, 5) is 5.09. The maximum atomic E-state index is 11.4. The van der Waals surface area contributed by atoms with Gasteiger partial charge in [-0.1, -0.05) is 47.6 Å². The van der Waals surface area contributed by atoms with Crippen LogP contribution in [-0.2, 0) is 10.8 Å². The largest absolute Gasteiger partial charge is 0.507 e. The molecule has 0 aliphatic carbocycles. The average molecular weight is 517 g/mol. The molecule has 0 saturated heterocycles. The molecule has 7 nitrogen and oxygen atoms in total. The Morgan fingerprint density at radius 1 is 0.842 bits per heavy atom. The molecule has 38 heavy (non-hydrogen) atoms. The summed E-state index contributed by atoms with van der Waals surface area (Å²) in [5.74, 6) is 3.57. The highest BCUT2D eigenvalue weighted by Gasteiger charge is 2.29. The normalized spacial score (nSPS) is 13.6. The number of phenolic OH excluding ortho intramolecular Hbond substituents is 1. The topological polar surface area (TPSA) is 75.0 Å². The Labute approximate surface area is 223 Å². The molecule has 4 aromatic rings. The van der Waals surface area contributed by atoms with E-state index in [1.54, 1.807) is 14.2 Å². The van der Waals surface area contributed by atoms with Crippen molar-refractivity contribution < 1.29 is 24.1 Å². The summed E-state index contributed by atoms with van der Waals surface area (Å²) in [7, 11) is 3.25. The first-order valence-corrected chi connectivity index (χ1v) is 12.9. The highest BCUT2D eigenvalue weighted by Crippen LogP contribution is 2.45. The monoisotopic (exact) mass is 516 g/mol. The Kier molecular flexibility index (Phi) is 6.21. The van der Waals surface area contributed by atoms with Crippen LogP contribution in [0, 0.1) is 0 Å². The molecule has 0 atom stereocenters. The maximum Gasteiger partial charge on any atom is 0.171 e. The predicted molar refractivity (Wildman–Crippen MR) is 150 cm³/mol. The van der Waals surface area contributed by atoms with E-state index in [-0.39, 0.29) is 10.8 Å². The van der Waals surface area contributed by atoms with Crippen molar-refractivity contribution in [3.05, 3.63) is 53.6 Å². The van der Waals surface area contributed by atoms with Crippen LogP contribution in [0.2, 0.25) is 0 Å². The number of ether oxygens (including phenoxy) is 4. The van der Waals surface area contributed by atoms with Crippen LogP contribution in [0.4, 0.5) is 0 Å². The van der Waals surface area contributed by atoms with Gasteiger partial charge in [0, 0.05) is 28.9 Å². The summed E-state index contributed by atoms with van der Waals surface area (Å²) in [6, 6.07) is 13.8. The molecule has 1 aromatic heterocycles. The lowest BCUT2D eigenvalue weighted by atomic mass is 9.79. The number of para-hydroxylation sites is 1. The van der Waals surface area contributed by atoms with Crippen molar-refractivity contribution in [3.63, 3.8) is 0 Å². The second-order valence-corrected chi connectivity index (χ2v) is 11.7. The summed E-state index contributed by atoms with van der Waals surface area (Å²) >= 11 is 0. The quantitative estimate of drug-likeness (QED) is 0.322. The van der Waals surface area contributed by atoms with Crippen molar-refractivity contribution in [2.24, 2.45) is 0 Å². The third kappa shape index (κ3) is 4.30. The van der Waals surface area contributed by atoms with Gasteiger partial charge in [-0.2, -0.15) is 0 Å². The number of fused-ring (bicyclic) bond motifs is 2. The molecule has 2 heterocycles. The molecule has 0 amide bonds. The van der Waals surface area contributed by atoms with Gasteiger partial charge in [0.1, 0.15) is 24.8 Å². The molecule has 0 unspecified atom stereocenters. The van der Waals surface area contributed by atoms with Crippen molar-refractivity contribution in [1.29, 1.82) is 0 Å². The number of methoxy groups -OCH3 is 2. The third-order valence-electron chi connectivity index (χ3n) is 6.93. The second-order valence-electron chi connectivity index (χ2n) is 11.7. The van der Waals surface area contributed by atoms with Crippen LogP contribution in [0.5, 0.6) is 28.7 Å². The van der Waals surface area contributed by atoms with Gasteiger partial charge in [0.2, 0.25) is 0 Å². The van der Waals surface area contributed by atoms with Crippen molar-refractivity contribution >= 4 is 11.0 Å². The van der Waals surface area contributed by atoms with Crippen molar-refractivity contribution in [2.45, 2.75) is 52.4 Å². The van der Waals surface area contributed by atoms with Gasteiger partial charge in [-0.05, 0) is 35.1 Å². The number of hydrogen-bond donors (Lipinski definition) is 1. The molecular formula is C31H36N2O5. The number of phenols is 1. The van der Waals surface area contributed by atoms with Crippen LogP contribution < -0.4 is 18.9 Å². The van der Waals surface area contributed by atoms with E-state index in [0.717, 1.165) is 33.4 Å². The first-order chi connectivity index (χ1) is 17.9. The molecule has 0 spiro atoms. The zero-order valence-electron chi connectivity index (χ0n) is 23.4. The summed E-state index contributed by atoms with van der Waals surface area (Å²) < 4.78 is 25.3. The van der Waals surface area contributed by atoms with Crippen molar-refractivity contribution in [3.8, 4) is 45.8 Å². The minimum atomic E-state index is -0.291. The van der Waals surface area contributed by atoms with E-state index in [0.29, 0.717) is 47.8 Å². The van der Waals surface area contributed by atoms with E-state index in [9.17, 15) is 5.11 Å². The summed E-state index contributed by atoms with van der Waals surface area (Å²) in [5, 5.41) is 11.4. The highest BCUT2D eigenvalue weighted by atomic mass is 16.6. The SMILES string of the molecule is COc1cccc(-c2nc3cc4c(cc3n2-c2cc(C(C)(C)C)c(O)c(C(C)(C)C)c2)OCCO4)c1OC. The molecule has 200 valence electrons. The Morgan fingerprint density at radius 3 is 2.00 bits per heavy atom. The highest BCUT2D eigenvalue weighted by molar-refractivity contribution is 5.88. The minimum absolute atomic E-state index is 0.291. The second kappa shape index (κ2) is 9.15. The van der Waals surface area contributed by atoms with Gasteiger partial charge in [0.25, 0.3) is 0 Å². The summed E-state index contributed by atoms with van der Waals surface area (Å²) in [5.41, 5.74) is 4.44. The van der Waals surface area contributed by atoms with Gasteiger partial charge in [0.15, 0.2) is 23.0 Å². The molecule has 3 aromatic carbocycles. The fraction of sp³-hybridized carbons (Fsp3) is 0.387. The van der Waals surface area contributed by atoms with Crippen LogP contribution in [0.25, 0.3) is 28.1 Å². The van der Waals surface area contributed by atoms with Gasteiger partial charge in [-0.15, -0.1) is 0 Å². The first kappa shape index (κ1) is 25.8. The lowest BCUT2D eigenvalue weighted by Crippen LogP contribution is -2.18. The van der Waals surface area contributed by atoms with E-state index in [2.05, 4.69) is 58.2 Å². The summed E-state index contributed by atoms with van der Waals surface area (Å²) in [6.45, 7) is 13.6. The maximum absolute atomic E-state index is 11.4. The zero-order valence-corrected chi connectivity index (χ0v) is 23.4. The van der Waals surface area contributed by atoms with Gasteiger partial charge in [0.05, 0.1) is 30.8 Å². The fourth-order valence-corrected chi connectivity index (χ4v) is 5.01. The zero-order chi connectivity index (χ0) is 27.4. The number of rotatable bonds is 4. The molecule has 0 fully saturated rings. The lowest BCUT2D eigenvalue weighted by Gasteiger charge is -2.29. The van der Waals surface area contributed by atoms with E-state index < -0.39 is 0 Å². The van der Waals surface area contributed by atoms with Crippen LogP contribution in [0.3, 0.4) is 0 Å². The lowest BCUT2D eigenvalue weighted by molar-refractivity contribution is 0.172. The number of hydrogen-bond acceptors (Lipinski definition) is 6. The fourth-order valence-electron chi connectivity index (χ4n) is 5.01. The van der Waals surface area contributed by atoms with Crippen LogP contribution in [0.1, 0.15) is 52.7 Å². The molecule has 1 aliphatic heterocycles. The Morgan fingerprint density at radius 2 is 1.45 bits per heavy atom. The van der Waals surface area contributed by atoms with Gasteiger partial charge in [-0.3, -0.25) is 4.57 Å². The van der Waals surface area contributed by atoms with Crippen LogP contribution >= 0.6 is 0 Å². The van der Waals surface area contributed by atoms with Gasteiger partial charge >= 0.3 is 0 Å². The smallest absolute Gasteiger partial charge is 0.171 e. The Hall–Kier alpha value is -3.87. The number of nitrogens with zero attached hydrogens (tertiary/aromatic N) is 2. The molecule has 1 aliphatic rings. The minimum Gasteiger partial charge on any atom is -0.507 e. The van der Waals surface area contributed by atoms with Crippen molar-refractivity contribution in [2.75, 3.05) is 27.4 Å². The average Bonchev–Trinajstić information content (AvgIpc) is 3.23. The number of aromatic hydroxyl groups is 1. The van der Waals surface area contributed by atoms with Crippen LogP contribution in [-0.4, -0.2) is 42.1 Å². The number of benzene rings is 3. The van der Waals surface area contributed by atoms with E-state index >= 15 is 0 Å². The molecular weight excluding hydrogens is 480 g/mol. The first-order valence-electron chi connectivity index (χ1n) is 12.9. The molecule has 0 saturated carbocycles. The standard InChI is InChI=1S/C31H36N2O5/c1-30(2,3)20-14-18(15-21(27(20)34)31(4,5)6)33-23-17-26-25(37-12-13-38-26)16-22(23)32-29(33)19-10-9-11-24(35-7)28(19)36-8/h9-11,14-17,34H,12-13H2,1-8H3. The van der Waals surface area contributed by atoms with Crippen LogP contribution in [0.15, 0.2) is 42.5 Å². The number of aromatic nitrogens is 2. The van der Waals surface area contributed by atoms with Crippen molar-refractivity contribution in [1.82, 2.24) is 9.55 Å². The summed E-state index contributed by atoms with van der Waals surface area (Å²) in [6.07, 6.45) is 0. The van der Waals surface area contributed by atoms with Gasteiger partial charge in [-0.25, -0.2) is 4.98 Å². The number of imidazole rings is 1. The predicted octanol–water partition coefficient (Wildman–Crippen LogP) is 6.78. The van der Waals surface area contributed by atoms with Gasteiger partial charge < -0.3 is 24.1 Å². The molecule has 0 radical (unpaired) electrons. The van der Waals surface area contributed by atoms with E-state index in [1.165, 1.54) is 0 Å². The van der Waals surface area contributed by atoms with E-state index in [4.69, 9.17) is 23.9 Å². The molecule has 7 heteroatoms. The molecule has 5 rings (SSSR count). The van der Waals surface area contributed by atoms with E-state index in [1.807, 2.05) is 30.3 Å². The Bertz CT molecular complexity index is 1490. The third-order valence-corrected chi connectivity index (χ3v) is 6.93. The molecule has 0 bridgehead atoms.